The second-order valence-electron chi connectivity index (χ2n) is 22.8. The molecule has 0 N–H and O–H groups in total. The molecule has 5 heterocycles. The summed E-state index contributed by atoms with van der Waals surface area (Å²) in [6.07, 6.45) is 10.4. The predicted octanol–water partition coefficient (Wildman–Crippen LogP) is 18.4. The minimum absolute atomic E-state index is 0. The molecule has 9 aromatic carbocycles. The maximum Gasteiger partial charge on any atom is 0.0239 e. The molecule has 0 fully saturated rings. The van der Waals surface area contributed by atoms with E-state index in [0.717, 1.165) is 70.6 Å². The molecule has 0 atom stereocenters. The van der Waals surface area contributed by atoms with Gasteiger partial charge in [0.2, 0.25) is 0 Å². The molecule has 1 aromatic heterocycles. The van der Waals surface area contributed by atoms with Crippen molar-refractivity contribution in [3.8, 4) is 78.0 Å². The van der Waals surface area contributed by atoms with Gasteiger partial charge in [-0.15, -0.1) is 57.3 Å². The first-order chi connectivity index (χ1) is 38.1. The summed E-state index contributed by atoms with van der Waals surface area (Å²) in [4.78, 5) is 9.82. The third kappa shape index (κ3) is 9.62. The summed E-state index contributed by atoms with van der Waals surface area (Å²) in [5.41, 5.74) is 28.8. The zero-order valence-corrected chi connectivity index (χ0v) is 47.3. The van der Waals surface area contributed by atoms with Crippen molar-refractivity contribution in [2.24, 2.45) is 10.8 Å². The van der Waals surface area contributed by atoms with Crippen molar-refractivity contribution >= 4 is 22.8 Å². The molecule has 0 saturated heterocycles. The number of aromatic nitrogens is 1. The van der Waals surface area contributed by atoms with Gasteiger partial charge in [-0.05, 0) is 79.7 Å². The van der Waals surface area contributed by atoms with Crippen molar-refractivity contribution in [1.82, 2.24) is 4.98 Å². The molecule has 0 unspecified atom stereocenters. The molecular weight excluding hydrogens is 1140 g/mol. The van der Waals surface area contributed by atoms with Crippen LogP contribution >= 0.6 is 0 Å². The van der Waals surface area contributed by atoms with E-state index in [-0.39, 0.29) is 30.9 Å². The molecular formula is C75H58IrN3-5. The Balaban J connectivity index is 0.00000591. The summed E-state index contributed by atoms with van der Waals surface area (Å²) < 4.78 is 0. The van der Waals surface area contributed by atoms with Crippen LogP contribution in [0.3, 0.4) is 0 Å². The van der Waals surface area contributed by atoms with Crippen LogP contribution in [0.2, 0.25) is 0 Å². The number of hydrogen-bond donors (Lipinski definition) is 0. The number of benzene rings is 9. The number of rotatable bonds is 11. The first-order valence-electron chi connectivity index (χ1n) is 27.5. The van der Waals surface area contributed by atoms with E-state index in [4.69, 9.17) is 4.98 Å². The summed E-state index contributed by atoms with van der Waals surface area (Å²) >= 11 is 0. The maximum absolute atomic E-state index is 5.10. The van der Waals surface area contributed by atoms with E-state index < -0.39 is 0 Å². The summed E-state index contributed by atoms with van der Waals surface area (Å²) in [5.74, 6) is 0. The quantitative estimate of drug-likeness (QED) is 0.120. The fourth-order valence-corrected chi connectivity index (χ4v) is 12.3. The van der Waals surface area contributed by atoms with Gasteiger partial charge in [-0.3, -0.25) is 0 Å². The zero-order valence-electron chi connectivity index (χ0n) is 44.9. The minimum Gasteiger partial charge on any atom is -0.513 e. The van der Waals surface area contributed by atoms with E-state index in [2.05, 4.69) is 275 Å². The van der Waals surface area contributed by atoms with Crippen molar-refractivity contribution in [1.29, 1.82) is 0 Å². The van der Waals surface area contributed by atoms with Gasteiger partial charge < -0.3 is 14.8 Å². The Kier molecular flexibility index (Phi) is 12.9. The van der Waals surface area contributed by atoms with Gasteiger partial charge in [0.1, 0.15) is 0 Å². The Hall–Kier alpha value is -8.14. The Bertz CT molecular complexity index is 3880. The number of anilines is 2. The van der Waals surface area contributed by atoms with Crippen molar-refractivity contribution in [2.75, 3.05) is 9.80 Å². The molecule has 3 nitrogen and oxygen atoms in total. The van der Waals surface area contributed by atoms with Crippen LogP contribution in [0.5, 0.6) is 0 Å². The SMILES string of the molecule is CC1(C)C=C2c3ccccc3-c3cc(CCc4cc(CCc5c[c-]c6c(c5)-c5ccccc5C5=CC(C)(C)[CH-]N56)cc(-c5ccccc5-c5ccc(-c6[c-]ccc(-c7ccc(-c8ccccc8)cc7)c6)nc5)c4)c[c-]c3N2[CH-]1.[Ir]. The smallest absolute Gasteiger partial charge is 0.0239 e. The molecule has 4 aliphatic heterocycles. The number of hydrogen-bond acceptors (Lipinski definition) is 3. The zero-order chi connectivity index (χ0) is 52.5. The van der Waals surface area contributed by atoms with Crippen molar-refractivity contribution in [3.63, 3.8) is 0 Å². The van der Waals surface area contributed by atoms with Gasteiger partial charge in [0.15, 0.2) is 0 Å². The number of pyridine rings is 1. The van der Waals surface area contributed by atoms with Gasteiger partial charge in [0.05, 0.1) is 0 Å². The van der Waals surface area contributed by atoms with Crippen molar-refractivity contribution in [3.05, 3.63) is 283 Å². The normalized spacial score (nSPS) is 14.9. The fraction of sp³-hybridized carbons (Fsp3) is 0.133. The molecule has 1 radical (unpaired) electrons. The maximum atomic E-state index is 5.10. The molecule has 387 valence electrons. The standard InChI is InChI=1S/C75H58N3.Ir/c1-74(2)45-72-65-23-12-10-21-63(65)67-42-50(29-37-70(67)77(72)48-74)25-27-52-39-53(28-26-51-30-38-71-68(43-51)64-22-11-13-24-66(64)73-46-75(3,4)49-78(71)73)41-60(40-52)62-20-9-8-19-61(62)59-35-36-69(76-47-59)58-18-14-17-57(44-58)56-33-31-55(32-34-56)54-15-6-5-7-16-54;/h5-17,19-24,29-36,39-49H,25-28H2,1-4H3;/q-5;. The van der Waals surface area contributed by atoms with Gasteiger partial charge in [-0.2, -0.15) is 47.5 Å². The van der Waals surface area contributed by atoms with E-state index in [1.54, 1.807) is 0 Å². The van der Waals surface area contributed by atoms with Gasteiger partial charge in [0, 0.05) is 37.7 Å². The Morgan fingerprint density at radius 1 is 0.392 bits per heavy atom. The van der Waals surface area contributed by atoms with Crippen LogP contribution in [0.1, 0.15) is 61.1 Å². The van der Waals surface area contributed by atoms with E-state index in [0.29, 0.717) is 0 Å². The van der Waals surface area contributed by atoms with E-state index in [9.17, 15) is 0 Å². The van der Waals surface area contributed by atoms with E-state index in [1.165, 1.54) is 89.3 Å². The molecule has 14 rings (SSSR count). The first-order valence-corrected chi connectivity index (χ1v) is 27.5. The first kappa shape index (κ1) is 50.4. The number of fused-ring (bicyclic) bond motifs is 12. The third-order valence-corrected chi connectivity index (χ3v) is 16.1. The van der Waals surface area contributed by atoms with Crippen LogP contribution in [-0.4, -0.2) is 4.98 Å². The van der Waals surface area contributed by atoms with Gasteiger partial charge in [-0.1, -0.05) is 233 Å². The number of aryl methyl sites for hydroxylation is 4. The molecule has 0 aliphatic carbocycles. The average molecular weight is 1190 g/mol. The average Bonchev–Trinajstić information content (AvgIpc) is 4.27. The summed E-state index contributed by atoms with van der Waals surface area (Å²) in [6, 6.07) is 84.2. The minimum atomic E-state index is -0.0317. The largest absolute Gasteiger partial charge is 0.513 e. The van der Waals surface area contributed by atoms with Gasteiger partial charge in [-0.25, -0.2) is 13.1 Å². The van der Waals surface area contributed by atoms with Crippen LogP contribution in [0.25, 0.3) is 89.4 Å². The van der Waals surface area contributed by atoms with Crippen molar-refractivity contribution < 1.29 is 20.1 Å². The van der Waals surface area contributed by atoms with Crippen LogP contribution in [0, 0.1) is 42.1 Å². The third-order valence-electron chi connectivity index (χ3n) is 16.1. The summed E-state index contributed by atoms with van der Waals surface area (Å²) in [7, 11) is 0. The van der Waals surface area contributed by atoms with Crippen LogP contribution in [0.15, 0.2) is 219 Å². The topological polar surface area (TPSA) is 19.4 Å². The monoisotopic (exact) mass is 1190 g/mol. The van der Waals surface area contributed by atoms with E-state index >= 15 is 0 Å². The van der Waals surface area contributed by atoms with Gasteiger partial charge >= 0.3 is 0 Å². The predicted molar refractivity (Wildman–Crippen MR) is 324 cm³/mol. The molecule has 0 bridgehead atoms. The second-order valence-corrected chi connectivity index (χ2v) is 22.8. The summed E-state index contributed by atoms with van der Waals surface area (Å²) in [6.45, 7) is 13.8. The molecule has 4 heteroatoms. The summed E-state index contributed by atoms with van der Waals surface area (Å²) in [5, 5.41) is 0. The Morgan fingerprint density at radius 2 is 0.848 bits per heavy atom. The second kappa shape index (κ2) is 20.3. The molecule has 10 aromatic rings. The molecule has 0 amide bonds. The Morgan fingerprint density at radius 3 is 1.38 bits per heavy atom. The Labute approximate surface area is 480 Å². The molecule has 0 saturated carbocycles. The van der Waals surface area contributed by atoms with Crippen LogP contribution < -0.4 is 9.80 Å². The molecule has 79 heavy (non-hydrogen) atoms. The van der Waals surface area contributed by atoms with Crippen LogP contribution in [-0.2, 0) is 45.8 Å². The molecule has 4 aliphatic rings. The number of nitrogens with zero attached hydrogens (tertiary/aromatic N) is 3. The molecule has 0 spiro atoms. The van der Waals surface area contributed by atoms with Crippen LogP contribution in [0.4, 0.5) is 11.4 Å². The van der Waals surface area contributed by atoms with E-state index in [1.807, 2.05) is 12.3 Å². The van der Waals surface area contributed by atoms with Gasteiger partial charge in [0.25, 0.3) is 0 Å². The fourth-order valence-electron chi connectivity index (χ4n) is 12.3. The van der Waals surface area contributed by atoms with Crippen molar-refractivity contribution in [2.45, 2.75) is 53.4 Å².